The lowest BCUT2D eigenvalue weighted by atomic mass is 10.3. The maximum Gasteiger partial charge on any atom is 0.262 e. The molecule has 0 saturated heterocycles. The Hall–Kier alpha value is -2.30. The zero-order valence-corrected chi connectivity index (χ0v) is 9.46. The van der Waals surface area contributed by atoms with Gasteiger partial charge in [-0.1, -0.05) is 18.2 Å². The van der Waals surface area contributed by atoms with Gasteiger partial charge in [-0.25, -0.2) is 4.98 Å². The summed E-state index contributed by atoms with van der Waals surface area (Å²) >= 11 is 0. The first-order chi connectivity index (χ1) is 8.29. The second kappa shape index (κ2) is 5.16. The number of nitrogens with two attached hydrogens (primary N) is 1. The molecule has 2 N–H and O–H groups in total. The number of nitrogens with zero attached hydrogens (tertiary/aromatic N) is 2. The van der Waals surface area contributed by atoms with E-state index in [9.17, 15) is 0 Å². The fourth-order valence-electron chi connectivity index (χ4n) is 1.29. The zero-order chi connectivity index (χ0) is 12.1. The van der Waals surface area contributed by atoms with Crippen molar-refractivity contribution in [2.24, 2.45) is 0 Å². The van der Waals surface area contributed by atoms with Crippen molar-refractivity contribution in [1.82, 2.24) is 9.97 Å². The minimum absolute atomic E-state index is 0.161. The van der Waals surface area contributed by atoms with Crippen molar-refractivity contribution in [3.8, 4) is 17.4 Å². The van der Waals surface area contributed by atoms with E-state index in [4.69, 9.17) is 15.2 Å². The first kappa shape index (κ1) is 11.2. The van der Waals surface area contributed by atoms with Crippen LogP contribution in [0.15, 0.2) is 36.5 Å². The summed E-state index contributed by atoms with van der Waals surface area (Å²) in [5, 5.41) is 0. The largest absolute Gasteiger partial charge is 0.475 e. The minimum atomic E-state index is 0.161. The van der Waals surface area contributed by atoms with E-state index in [0.717, 1.165) is 0 Å². The molecule has 0 amide bonds. The predicted molar refractivity (Wildman–Crippen MR) is 64.1 cm³/mol. The van der Waals surface area contributed by atoms with Crippen LogP contribution in [0.1, 0.15) is 6.92 Å². The average Bonchev–Trinajstić information content (AvgIpc) is 2.34. The highest BCUT2D eigenvalue weighted by atomic mass is 16.5. The van der Waals surface area contributed by atoms with E-state index < -0.39 is 0 Å². The lowest BCUT2D eigenvalue weighted by Gasteiger charge is -2.09. The molecule has 0 fully saturated rings. The Morgan fingerprint density at radius 1 is 1.24 bits per heavy atom. The summed E-state index contributed by atoms with van der Waals surface area (Å²) in [4.78, 5) is 7.86. The lowest BCUT2D eigenvalue weighted by Crippen LogP contribution is -2.02. The molecule has 88 valence electrons. The highest BCUT2D eigenvalue weighted by Crippen LogP contribution is 2.29. The maximum atomic E-state index is 5.61. The number of anilines is 1. The fraction of sp³-hybridized carbons (Fsp3) is 0.167. The van der Waals surface area contributed by atoms with Gasteiger partial charge in [-0.2, -0.15) is 4.98 Å². The Morgan fingerprint density at radius 3 is 2.71 bits per heavy atom. The van der Waals surface area contributed by atoms with Gasteiger partial charge in [0.15, 0.2) is 0 Å². The second-order valence-electron chi connectivity index (χ2n) is 3.25. The van der Waals surface area contributed by atoms with Crippen molar-refractivity contribution in [3.63, 3.8) is 0 Å². The molecule has 1 aromatic carbocycles. The molecule has 0 aliphatic rings. The molecule has 17 heavy (non-hydrogen) atoms. The van der Waals surface area contributed by atoms with E-state index in [0.29, 0.717) is 24.0 Å². The summed E-state index contributed by atoms with van der Waals surface area (Å²) in [7, 11) is 0. The van der Waals surface area contributed by atoms with Gasteiger partial charge in [0.1, 0.15) is 5.75 Å². The SMILES string of the molecule is CCOc1nc(N)ncc1Oc1ccccc1. The lowest BCUT2D eigenvalue weighted by molar-refractivity contribution is 0.307. The van der Waals surface area contributed by atoms with Crippen LogP contribution in [0.2, 0.25) is 0 Å². The van der Waals surface area contributed by atoms with E-state index in [1.807, 2.05) is 37.3 Å². The Kier molecular flexibility index (Phi) is 3.40. The standard InChI is InChI=1S/C12H13N3O2/c1-2-16-11-10(8-14-12(13)15-11)17-9-6-4-3-5-7-9/h3-8H,2H2,1H3,(H2,13,14,15). The van der Waals surface area contributed by atoms with E-state index in [-0.39, 0.29) is 5.95 Å². The van der Waals surface area contributed by atoms with Crippen LogP contribution < -0.4 is 15.2 Å². The fourth-order valence-corrected chi connectivity index (χ4v) is 1.29. The Bertz CT molecular complexity index is 488. The molecular formula is C12H13N3O2. The van der Waals surface area contributed by atoms with Crippen LogP contribution in [0.3, 0.4) is 0 Å². The molecule has 2 rings (SSSR count). The van der Waals surface area contributed by atoms with Crippen LogP contribution in [0.25, 0.3) is 0 Å². The van der Waals surface area contributed by atoms with Gasteiger partial charge in [0, 0.05) is 0 Å². The number of para-hydroxylation sites is 1. The average molecular weight is 231 g/mol. The third-order valence-electron chi connectivity index (χ3n) is 1.99. The molecule has 0 aliphatic heterocycles. The van der Waals surface area contributed by atoms with Gasteiger partial charge in [-0.05, 0) is 19.1 Å². The Balaban J connectivity index is 2.26. The molecule has 1 heterocycles. The number of hydrogen-bond acceptors (Lipinski definition) is 5. The summed E-state index contributed by atoms with van der Waals surface area (Å²) in [6.07, 6.45) is 1.50. The van der Waals surface area contributed by atoms with Crippen molar-refractivity contribution in [2.45, 2.75) is 6.92 Å². The van der Waals surface area contributed by atoms with Crippen LogP contribution in [0.4, 0.5) is 5.95 Å². The number of ether oxygens (including phenoxy) is 2. The van der Waals surface area contributed by atoms with Gasteiger partial charge in [0.25, 0.3) is 5.88 Å². The van der Waals surface area contributed by atoms with E-state index in [2.05, 4.69) is 9.97 Å². The van der Waals surface area contributed by atoms with Crippen molar-refractivity contribution in [1.29, 1.82) is 0 Å². The van der Waals surface area contributed by atoms with Crippen LogP contribution in [-0.4, -0.2) is 16.6 Å². The van der Waals surface area contributed by atoms with Gasteiger partial charge in [-0.15, -0.1) is 0 Å². The van der Waals surface area contributed by atoms with E-state index >= 15 is 0 Å². The van der Waals surface area contributed by atoms with Crippen LogP contribution in [0.5, 0.6) is 17.4 Å². The topological polar surface area (TPSA) is 70.3 Å². The van der Waals surface area contributed by atoms with Gasteiger partial charge in [-0.3, -0.25) is 0 Å². The summed E-state index contributed by atoms with van der Waals surface area (Å²) in [6, 6.07) is 9.36. The molecule has 0 radical (unpaired) electrons. The smallest absolute Gasteiger partial charge is 0.262 e. The monoisotopic (exact) mass is 231 g/mol. The van der Waals surface area contributed by atoms with Crippen LogP contribution >= 0.6 is 0 Å². The Labute approximate surface area is 99.2 Å². The molecule has 0 saturated carbocycles. The third-order valence-corrected chi connectivity index (χ3v) is 1.99. The molecule has 0 bridgehead atoms. The number of aromatic nitrogens is 2. The van der Waals surface area contributed by atoms with E-state index in [1.54, 1.807) is 0 Å². The molecule has 0 unspecified atom stereocenters. The van der Waals surface area contributed by atoms with Crippen LogP contribution in [0, 0.1) is 0 Å². The Morgan fingerprint density at radius 2 is 2.00 bits per heavy atom. The normalized spacial score (nSPS) is 9.94. The molecule has 2 aromatic rings. The molecule has 5 nitrogen and oxygen atoms in total. The molecule has 0 spiro atoms. The zero-order valence-electron chi connectivity index (χ0n) is 9.46. The number of benzene rings is 1. The maximum absolute atomic E-state index is 5.61. The van der Waals surface area contributed by atoms with Gasteiger partial charge in [0.05, 0.1) is 12.8 Å². The highest BCUT2D eigenvalue weighted by Gasteiger charge is 2.09. The number of rotatable bonds is 4. The summed E-state index contributed by atoms with van der Waals surface area (Å²) < 4.78 is 10.9. The molecule has 1 aromatic heterocycles. The summed E-state index contributed by atoms with van der Waals surface area (Å²) in [6.45, 7) is 2.35. The van der Waals surface area contributed by atoms with Gasteiger partial charge >= 0.3 is 0 Å². The van der Waals surface area contributed by atoms with Crippen LogP contribution in [-0.2, 0) is 0 Å². The number of nitrogen functional groups attached to an aromatic ring is 1. The van der Waals surface area contributed by atoms with E-state index in [1.165, 1.54) is 6.20 Å². The second-order valence-corrected chi connectivity index (χ2v) is 3.25. The molecular weight excluding hydrogens is 218 g/mol. The molecule has 0 aliphatic carbocycles. The molecule has 5 heteroatoms. The first-order valence-corrected chi connectivity index (χ1v) is 5.28. The minimum Gasteiger partial charge on any atom is -0.475 e. The number of hydrogen-bond donors (Lipinski definition) is 1. The predicted octanol–water partition coefficient (Wildman–Crippen LogP) is 2.25. The highest BCUT2D eigenvalue weighted by molar-refractivity contribution is 5.39. The van der Waals surface area contributed by atoms with Crippen molar-refractivity contribution < 1.29 is 9.47 Å². The first-order valence-electron chi connectivity index (χ1n) is 5.28. The van der Waals surface area contributed by atoms with Gasteiger partial charge in [0.2, 0.25) is 11.7 Å². The quantitative estimate of drug-likeness (QED) is 0.873. The third kappa shape index (κ3) is 2.84. The summed E-state index contributed by atoms with van der Waals surface area (Å²) in [5.41, 5.74) is 5.49. The molecule has 0 atom stereocenters. The van der Waals surface area contributed by atoms with Gasteiger partial charge < -0.3 is 15.2 Å². The van der Waals surface area contributed by atoms with Crippen molar-refractivity contribution in [3.05, 3.63) is 36.5 Å². The van der Waals surface area contributed by atoms with Crippen molar-refractivity contribution >= 4 is 5.95 Å². The van der Waals surface area contributed by atoms with Crippen molar-refractivity contribution in [2.75, 3.05) is 12.3 Å². The summed E-state index contributed by atoms with van der Waals surface area (Å²) in [5.74, 6) is 1.66.